The Morgan fingerprint density at radius 3 is 2.13 bits per heavy atom. The highest BCUT2D eigenvalue weighted by molar-refractivity contribution is 6.30. The van der Waals surface area contributed by atoms with Crippen LogP contribution in [0.25, 0.3) is 0 Å². The molecule has 0 bridgehead atoms. The number of hydrogen-bond donors (Lipinski definition) is 1. The minimum absolute atomic E-state index is 0.0380. The van der Waals surface area contributed by atoms with Gasteiger partial charge in [-0.15, -0.1) is 0 Å². The molecule has 2 amide bonds. The standard InChI is InChI=1S/C18H19ClN2O2/c1-12-5-4-6-13(2)18(12)21(14(3)22)11-17(23)20-16-9-7-15(19)8-10-16/h4-10H,11H2,1-3H3,(H,20,23). The fraction of sp³-hybridized carbons (Fsp3) is 0.222. The first-order chi connectivity index (χ1) is 10.9. The Kier molecular flexibility index (Phi) is 5.40. The van der Waals surface area contributed by atoms with Gasteiger partial charge in [-0.25, -0.2) is 0 Å². The van der Waals surface area contributed by atoms with Crippen LogP contribution in [0.1, 0.15) is 18.1 Å². The van der Waals surface area contributed by atoms with E-state index in [0.717, 1.165) is 16.8 Å². The molecule has 0 spiro atoms. The Labute approximate surface area is 141 Å². The van der Waals surface area contributed by atoms with Gasteiger partial charge < -0.3 is 10.2 Å². The van der Waals surface area contributed by atoms with Crippen LogP contribution in [0.3, 0.4) is 0 Å². The van der Waals surface area contributed by atoms with Gasteiger partial charge in [-0.2, -0.15) is 0 Å². The van der Waals surface area contributed by atoms with E-state index in [4.69, 9.17) is 11.6 Å². The number of halogens is 1. The zero-order valence-electron chi connectivity index (χ0n) is 13.4. The molecule has 0 saturated heterocycles. The summed E-state index contributed by atoms with van der Waals surface area (Å²) in [6.07, 6.45) is 0. The predicted molar refractivity (Wildman–Crippen MR) is 94.0 cm³/mol. The van der Waals surface area contributed by atoms with Crippen LogP contribution in [-0.2, 0) is 9.59 Å². The number of rotatable bonds is 4. The molecule has 2 aromatic rings. The highest BCUT2D eigenvalue weighted by atomic mass is 35.5. The third-order valence-electron chi connectivity index (χ3n) is 3.52. The Hall–Kier alpha value is -2.33. The monoisotopic (exact) mass is 330 g/mol. The van der Waals surface area contributed by atoms with Gasteiger partial charge in [-0.1, -0.05) is 29.8 Å². The predicted octanol–water partition coefficient (Wildman–Crippen LogP) is 3.95. The van der Waals surface area contributed by atoms with Crippen LogP contribution in [0, 0.1) is 13.8 Å². The third kappa shape index (κ3) is 4.33. The van der Waals surface area contributed by atoms with Crippen LogP contribution in [-0.4, -0.2) is 18.4 Å². The third-order valence-corrected chi connectivity index (χ3v) is 3.77. The number of nitrogens with one attached hydrogen (secondary N) is 1. The van der Waals surface area contributed by atoms with Crippen LogP contribution in [0.2, 0.25) is 5.02 Å². The Morgan fingerprint density at radius 1 is 1.04 bits per heavy atom. The van der Waals surface area contributed by atoms with Gasteiger partial charge in [0, 0.05) is 17.6 Å². The molecule has 0 radical (unpaired) electrons. The van der Waals surface area contributed by atoms with E-state index in [9.17, 15) is 9.59 Å². The molecular formula is C18H19ClN2O2. The van der Waals surface area contributed by atoms with Crippen molar-refractivity contribution in [2.24, 2.45) is 0 Å². The summed E-state index contributed by atoms with van der Waals surface area (Å²) in [6, 6.07) is 12.6. The first kappa shape index (κ1) is 17.0. The average Bonchev–Trinajstić information content (AvgIpc) is 2.48. The quantitative estimate of drug-likeness (QED) is 0.922. The normalized spacial score (nSPS) is 10.3. The summed E-state index contributed by atoms with van der Waals surface area (Å²) in [5, 5.41) is 3.37. The van der Waals surface area contributed by atoms with E-state index in [1.807, 2.05) is 32.0 Å². The number of para-hydroxylation sites is 1. The molecule has 0 fully saturated rings. The van der Waals surface area contributed by atoms with Gasteiger partial charge in [-0.3, -0.25) is 9.59 Å². The number of amides is 2. The Bertz CT molecular complexity index is 706. The second kappa shape index (κ2) is 7.29. The molecule has 0 unspecified atom stereocenters. The molecule has 2 rings (SSSR count). The molecule has 0 aromatic heterocycles. The molecule has 0 aliphatic heterocycles. The second-order valence-corrected chi connectivity index (χ2v) is 5.84. The fourth-order valence-electron chi connectivity index (χ4n) is 2.46. The van der Waals surface area contributed by atoms with Gasteiger partial charge in [0.15, 0.2) is 0 Å². The molecule has 5 heteroatoms. The van der Waals surface area contributed by atoms with Crippen LogP contribution in [0.4, 0.5) is 11.4 Å². The zero-order chi connectivity index (χ0) is 17.0. The van der Waals surface area contributed by atoms with Gasteiger partial charge >= 0.3 is 0 Å². The van der Waals surface area contributed by atoms with Crippen molar-refractivity contribution >= 4 is 34.8 Å². The lowest BCUT2D eigenvalue weighted by Gasteiger charge is -2.24. The number of benzene rings is 2. The van der Waals surface area contributed by atoms with E-state index in [0.29, 0.717) is 10.7 Å². The fourth-order valence-corrected chi connectivity index (χ4v) is 2.58. The van der Waals surface area contributed by atoms with Gasteiger partial charge in [-0.05, 0) is 49.2 Å². The maximum Gasteiger partial charge on any atom is 0.244 e. The van der Waals surface area contributed by atoms with Crippen LogP contribution in [0.5, 0.6) is 0 Å². The summed E-state index contributed by atoms with van der Waals surface area (Å²) in [4.78, 5) is 25.8. The minimum atomic E-state index is -0.259. The summed E-state index contributed by atoms with van der Waals surface area (Å²) >= 11 is 5.82. The molecule has 0 atom stereocenters. The van der Waals surface area contributed by atoms with Gasteiger partial charge in [0.25, 0.3) is 0 Å². The Morgan fingerprint density at radius 2 is 1.61 bits per heavy atom. The number of carbonyl (C=O) groups is 2. The van der Waals surface area contributed by atoms with Crippen molar-refractivity contribution in [2.45, 2.75) is 20.8 Å². The Balaban J connectivity index is 2.18. The van der Waals surface area contributed by atoms with Crippen LogP contribution >= 0.6 is 11.6 Å². The first-order valence-electron chi connectivity index (χ1n) is 7.28. The molecule has 2 aromatic carbocycles. The maximum absolute atomic E-state index is 12.3. The minimum Gasteiger partial charge on any atom is -0.325 e. The van der Waals surface area contributed by atoms with Crippen molar-refractivity contribution < 1.29 is 9.59 Å². The van der Waals surface area contributed by atoms with E-state index < -0.39 is 0 Å². The zero-order valence-corrected chi connectivity index (χ0v) is 14.1. The van der Waals surface area contributed by atoms with Crippen molar-refractivity contribution in [3.63, 3.8) is 0 Å². The number of carbonyl (C=O) groups excluding carboxylic acids is 2. The lowest BCUT2D eigenvalue weighted by Crippen LogP contribution is -2.37. The molecule has 0 heterocycles. The van der Waals surface area contributed by atoms with E-state index in [2.05, 4.69) is 5.32 Å². The molecule has 4 nitrogen and oxygen atoms in total. The topological polar surface area (TPSA) is 49.4 Å². The molecule has 120 valence electrons. The smallest absolute Gasteiger partial charge is 0.244 e. The summed E-state index contributed by atoms with van der Waals surface area (Å²) in [5.41, 5.74) is 3.34. The van der Waals surface area contributed by atoms with Gasteiger partial charge in [0.2, 0.25) is 11.8 Å². The van der Waals surface area contributed by atoms with E-state index in [1.54, 1.807) is 24.3 Å². The van der Waals surface area contributed by atoms with Gasteiger partial charge in [0.1, 0.15) is 6.54 Å². The van der Waals surface area contributed by atoms with Gasteiger partial charge in [0.05, 0.1) is 5.69 Å². The number of hydrogen-bond acceptors (Lipinski definition) is 2. The highest BCUT2D eigenvalue weighted by Gasteiger charge is 2.19. The number of anilines is 2. The van der Waals surface area contributed by atoms with E-state index in [1.165, 1.54) is 11.8 Å². The molecule has 23 heavy (non-hydrogen) atoms. The molecule has 0 aliphatic rings. The van der Waals surface area contributed by atoms with Crippen molar-refractivity contribution in [3.8, 4) is 0 Å². The summed E-state index contributed by atoms with van der Waals surface area (Å²) in [7, 11) is 0. The molecule has 0 aliphatic carbocycles. The molecule has 0 saturated carbocycles. The van der Waals surface area contributed by atoms with Crippen molar-refractivity contribution in [1.82, 2.24) is 0 Å². The lowest BCUT2D eigenvalue weighted by atomic mass is 10.1. The second-order valence-electron chi connectivity index (χ2n) is 5.40. The largest absolute Gasteiger partial charge is 0.325 e. The van der Waals surface area contributed by atoms with Crippen molar-refractivity contribution in [3.05, 3.63) is 58.6 Å². The van der Waals surface area contributed by atoms with E-state index in [-0.39, 0.29) is 18.4 Å². The number of nitrogens with zero attached hydrogens (tertiary/aromatic N) is 1. The summed E-state index contributed by atoms with van der Waals surface area (Å²) in [5.74, 6) is -0.432. The maximum atomic E-state index is 12.3. The summed E-state index contributed by atoms with van der Waals surface area (Å²) < 4.78 is 0. The van der Waals surface area contributed by atoms with Crippen LogP contribution in [0.15, 0.2) is 42.5 Å². The SMILES string of the molecule is CC(=O)N(CC(=O)Nc1ccc(Cl)cc1)c1c(C)cccc1C. The first-order valence-corrected chi connectivity index (χ1v) is 7.66. The molecular weight excluding hydrogens is 312 g/mol. The van der Waals surface area contributed by atoms with Crippen molar-refractivity contribution in [2.75, 3.05) is 16.8 Å². The molecule has 1 N–H and O–H groups in total. The summed E-state index contributed by atoms with van der Waals surface area (Å²) in [6.45, 7) is 5.27. The van der Waals surface area contributed by atoms with Crippen LogP contribution < -0.4 is 10.2 Å². The highest BCUT2D eigenvalue weighted by Crippen LogP contribution is 2.24. The average molecular weight is 331 g/mol. The number of aryl methyl sites for hydroxylation is 2. The van der Waals surface area contributed by atoms with Crippen molar-refractivity contribution in [1.29, 1.82) is 0 Å². The lowest BCUT2D eigenvalue weighted by molar-refractivity contribution is -0.120. The van der Waals surface area contributed by atoms with E-state index >= 15 is 0 Å².